The summed E-state index contributed by atoms with van der Waals surface area (Å²) in [6, 6.07) is 15.4. The third kappa shape index (κ3) is 2.78. The van der Waals surface area contributed by atoms with Gasteiger partial charge in [-0.05, 0) is 72.9 Å². The Morgan fingerprint density at radius 3 is 2.42 bits per heavy atom. The zero-order valence-electron chi connectivity index (χ0n) is 14.8. The lowest BCUT2D eigenvalue weighted by Crippen LogP contribution is -2.29. The van der Waals surface area contributed by atoms with E-state index >= 15 is 0 Å². The summed E-state index contributed by atoms with van der Waals surface area (Å²) < 4.78 is 27.9. The van der Waals surface area contributed by atoms with E-state index in [4.69, 9.17) is 0 Å². The van der Waals surface area contributed by atoms with E-state index in [9.17, 15) is 8.42 Å². The van der Waals surface area contributed by atoms with Gasteiger partial charge in [-0.3, -0.25) is 9.29 Å². The van der Waals surface area contributed by atoms with Crippen LogP contribution < -0.4 is 4.31 Å². The van der Waals surface area contributed by atoms with Crippen molar-refractivity contribution in [3.63, 3.8) is 0 Å². The number of sulfonamides is 1. The highest BCUT2D eigenvalue weighted by atomic mass is 32.2. The zero-order chi connectivity index (χ0) is 18.3. The minimum atomic E-state index is -3.55. The average Bonchev–Trinajstić information content (AvgIpc) is 3.06. The fraction of sp³-hybridized carbons (Fsp3) is 0.190. The van der Waals surface area contributed by atoms with Crippen molar-refractivity contribution in [1.29, 1.82) is 0 Å². The molecule has 1 aliphatic rings. The number of hydrogen-bond acceptors (Lipinski definition) is 3. The second kappa shape index (κ2) is 6.25. The highest BCUT2D eigenvalue weighted by molar-refractivity contribution is 7.93. The predicted molar refractivity (Wildman–Crippen MR) is 104 cm³/mol. The quantitative estimate of drug-likeness (QED) is 0.702. The number of pyridine rings is 1. The van der Waals surface area contributed by atoms with Crippen molar-refractivity contribution in [1.82, 2.24) is 4.98 Å². The molecule has 26 heavy (non-hydrogen) atoms. The maximum absolute atomic E-state index is 13.2. The van der Waals surface area contributed by atoms with Crippen LogP contribution in [0, 0.1) is 13.8 Å². The van der Waals surface area contributed by atoms with E-state index in [0.717, 1.165) is 39.9 Å². The van der Waals surface area contributed by atoms with Crippen LogP contribution in [0.5, 0.6) is 0 Å². The number of aromatic nitrogens is 1. The first-order valence-electron chi connectivity index (χ1n) is 8.60. The summed E-state index contributed by atoms with van der Waals surface area (Å²) in [5.41, 5.74) is 5.85. The molecule has 0 N–H and O–H groups in total. The van der Waals surface area contributed by atoms with Crippen LogP contribution in [-0.2, 0) is 16.4 Å². The predicted octanol–water partition coefficient (Wildman–Crippen LogP) is 4.12. The average molecular weight is 364 g/mol. The summed E-state index contributed by atoms with van der Waals surface area (Å²) in [5, 5.41) is 0. The lowest BCUT2D eigenvalue weighted by molar-refractivity contribution is 0.591. The van der Waals surface area contributed by atoms with E-state index in [1.165, 1.54) is 4.31 Å². The van der Waals surface area contributed by atoms with E-state index in [1.54, 1.807) is 18.5 Å². The van der Waals surface area contributed by atoms with Crippen molar-refractivity contribution < 1.29 is 8.42 Å². The highest BCUT2D eigenvalue weighted by Crippen LogP contribution is 2.36. The normalized spacial score (nSPS) is 13.7. The Bertz CT molecular complexity index is 1080. The summed E-state index contributed by atoms with van der Waals surface area (Å²) in [7, 11) is -3.55. The molecule has 0 unspecified atom stereocenters. The van der Waals surface area contributed by atoms with Crippen LogP contribution in [0.1, 0.15) is 16.7 Å². The molecule has 0 bridgehead atoms. The molecule has 4 rings (SSSR count). The maximum atomic E-state index is 13.2. The Hall–Kier alpha value is -2.66. The Morgan fingerprint density at radius 2 is 1.69 bits per heavy atom. The Kier molecular flexibility index (Phi) is 4.04. The van der Waals surface area contributed by atoms with Gasteiger partial charge in [0, 0.05) is 18.9 Å². The standard InChI is InChI=1S/C21H20N2O2S/c1-15-3-6-21(16(2)13-15)26(24,25)23-12-9-19-14-18(4-5-20(19)23)17-7-10-22-11-8-17/h3-8,10-11,13-14H,9,12H2,1-2H3. The van der Waals surface area contributed by atoms with Gasteiger partial charge in [0.25, 0.3) is 10.0 Å². The number of benzene rings is 2. The molecule has 0 radical (unpaired) electrons. The molecule has 3 aromatic rings. The molecule has 0 saturated carbocycles. The first-order chi connectivity index (χ1) is 12.5. The molecule has 0 saturated heterocycles. The summed E-state index contributed by atoms with van der Waals surface area (Å²) in [6.45, 7) is 4.30. The largest absolute Gasteiger partial charge is 0.266 e. The molecule has 2 heterocycles. The van der Waals surface area contributed by atoms with E-state index in [-0.39, 0.29) is 0 Å². The fourth-order valence-corrected chi connectivity index (χ4v) is 5.26. The van der Waals surface area contributed by atoms with Crippen molar-refractivity contribution in [2.45, 2.75) is 25.2 Å². The smallest absolute Gasteiger partial charge is 0.264 e. The van der Waals surface area contributed by atoms with Gasteiger partial charge in [-0.2, -0.15) is 0 Å². The van der Waals surface area contributed by atoms with Crippen molar-refractivity contribution in [3.8, 4) is 11.1 Å². The molecule has 2 aromatic carbocycles. The Balaban J connectivity index is 1.74. The van der Waals surface area contributed by atoms with E-state index in [0.29, 0.717) is 11.4 Å². The molecule has 0 fully saturated rings. The number of nitrogens with zero attached hydrogens (tertiary/aromatic N) is 2. The molecule has 1 aromatic heterocycles. The topological polar surface area (TPSA) is 50.3 Å². The van der Waals surface area contributed by atoms with Crippen LogP contribution in [0.2, 0.25) is 0 Å². The fourth-order valence-electron chi connectivity index (χ4n) is 3.55. The molecule has 0 amide bonds. The van der Waals surface area contributed by atoms with Gasteiger partial charge in [-0.25, -0.2) is 8.42 Å². The number of fused-ring (bicyclic) bond motifs is 1. The molecule has 0 spiro atoms. The van der Waals surface area contributed by atoms with Crippen molar-refractivity contribution in [2.75, 3.05) is 10.8 Å². The van der Waals surface area contributed by atoms with Crippen molar-refractivity contribution in [2.24, 2.45) is 0 Å². The number of aryl methyl sites for hydroxylation is 2. The zero-order valence-corrected chi connectivity index (χ0v) is 15.6. The molecule has 1 aliphatic heterocycles. The number of hydrogen-bond donors (Lipinski definition) is 0. The highest BCUT2D eigenvalue weighted by Gasteiger charge is 2.31. The third-order valence-electron chi connectivity index (χ3n) is 4.84. The lowest BCUT2D eigenvalue weighted by atomic mass is 10.0. The van der Waals surface area contributed by atoms with Gasteiger partial charge in [0.15, 0.2) is 0 Å². The van der Waals surface area contributed by atoms with Gasteiger partial charge >= 0.3 is 0 Å². The van der Waals surface area contributed by atoms with Crippen LogP contribution in [0.15, 0.2) is 65.8 Å². The van der Waals surface area contributed by atoms with Gasteiger partial charge < -0.3 is 0 Å². The molecule has 4 nitrogen and oxygen atoms in total. The lowest BCUT2D eigenvalue weighted by Gasteiger charge is -2.21. The second-order valence-electron chi connectivity index (χ2n) is 6.68. The van der Waals surface area contributed by atoms with Gasteiger partial charge in [-0.1, -0.05) is 23.8 Å². The second-order valence-corrected chi connectivity index (χ2v) is 8.51. The molecule has 5 heteroatoms. The van der Waals surface area contributed by atoms with Crippen molar-refractivity contribution >= 4 is 15.7 Å². The molecule has 0 atom stereocenters. The first-order valence-corrected chi connectivity index (χ1v) is 10.0. The van der Waals surface area contributed by atoms with E-state index in [2.05, 4.69) is 11.1 Å². The van der Waals surface area contributed by atoms with Crippen LogP contribution in [-0.4, -0.2) is 19.9 Å². The van der Waals surface area contributed by atoms with Crippen LogP contribution >= 0.6 is 0 Å². The summed E-state index contributed by atoms with van der Waals surface area (Å²) in [6.07, 6.45) is 4.25. The molecule has 132 valence electrons. The first kappa shape index (κ1) is 16.8. The number of rotatable bonds is 3. The number of anilines is 1. The molecular weight excluding hydrogens is 344 g/mol. The summed E-state index contributed by atoms with van der Waals surface area (Å²) >= 11 is 0. The van der Waals surface area contributed by atoms with E-state index < -0.39 is 10.0 Å². The minimum absolute atomic E-state index is 0.383. The minimum Gasteiger partial charge on any atom is -0.266 e. The van der Waals surface area contributed by atoms with Crippen molar-refractivity contribution in [3.05, 3.63) is 77.6 Å². The Morgan fingerprint density at radius 1 is 0.923 bits per heavy atom. The Labute approximate surface area is 154 Å². The maximum Gasteiger partial charge on any atom is 0.264 e. The molecular formula is C21H20N2O2S. The van der Waals surface area contributed by atoms with Crippen LogP contribution in [0.25, 0.3) is 11.1 Å². The van der Waals surface area contributed by atoms with Gasteiger partial charge in [0.1, 0.15) is 0 Å². The SMILES string of the molecule is Cc1ccc(S(=O)(=O)N2CCc3cc(-c4ccncc4)ccc32)c(C)c1. The van der Waals surface area contributed by atoms with Crippen LogP contribution in [0.4, 0.5) is 5.69 Å². The van der Waals surface area contributed by atoms with Gasteiger partial charge in [0.2, 0.25) is 0 Å². The third-order valence-corrected chi connectivity index (χ3v) is 6.82. The van der Waals surface area contributed by atoms with Gasteiger partial charge in [0.05, 0.1) is 10.6 Å². The van der Waals surface area contributed by atoms with Crippen LogP contribution in [0.3, 0.4) is 0 Å². The summed E-state index contributed by atoms with van der Waals surface area (Å²) in [5.74, 6) is 0. The monoisotopic (exact) mass is 364 g/mol. The van der Waals surface area contributed by atoms with Gasteiger partial charge in [-0.15, -0.1) is 0 Å². The van der Waals surface area contributed by atoms with E-state index in [1.807, 2.05) is 50.2 Å². The molecule has 0 aliphatic carbocycles. The summed E-state index contributed by atoms with van der Waals surface area (Å²) in [4.78, 5) is 4.43.